The largest absolute Gasteiger partial charge is 0.452 e. The van der Waals surface area contributed by atoms with E-state index in [-0.39, 0.29) is 11.4 Å². The third-order valence-electron chi connectivity index (χ3n) is 5.77. The number of ether oxygens (including phenoxy) is 1. The Morgan fingerprint density at radius 3 is 2.49 bits per heavy atom. The molecule has 0 atom stereocenters. The van der Waals surface area contributed by atoms with Gasteiger partial charge in [-0.05, 0) is 31.2 Å². The number of hydrogen-bond acceptors (Lipinski definition) is 6. The van der Waals surface area contributed by atoms with Gasteiger partial charge in [-0.3, -0.25) is 4.79 Å². The first-order valence-electron chi connectivity index (χ1n) is 11.5. The molecule has 0 unspecified atom stereocenters. The summed E-state index contributed by atoms with van der Waals surface area (Å²) in [7, 11) is 0. The lowest BCUT2D eigenvalue weighted by Gasteiger charge is -2.12. The van der Waals surface area contributed by atoms with Gasteiger partial charge in [0.25, 0.3) is 5.91 Å². The Morgan fingerprint density at radius 1 is 1.00 bits per heavy atom. The van der Waals surface area contributed by atoms with Crippen molar-refractivity contribution < 1.29 is 14.3 Å². The highest BCUT2D eigenvalue weighted by Crippen LogP contribution is 2.26. The third kappa shape index (κ3) is 4.92. The number of carbonyl (C=O) groups is 2. The molecule has 37 heavy (non-hydrogen) atoms. The van der Waals surface area contributed by atoms with Crippen molar-refractivity contribution in [2.75, 3.05) is 11.9 Å². The van der Waals surface area contributed by atoms with E-state index in [2.05, 4.69) is 10.4 Å². The number of anilines is 1. The topological polar surface area (TPSA) is 110 Å². The molecule has 0 aliphatic rings. The highest BCUT2D eigenvalue weighted by molar-refractivity contribution is 6.05. The molecule has 0 aliphatic heterocycles. The molecule has 0 fully saturated rings. The van der Waals surface area contributed by atoms with Crippen LogP contribution in [0.5, 0.6) is 0 Å². The summed E-state index contributed by atoms with van der Waals surface area (Å²) in [6.45, 7) is 1.46. The molecule has 3 aromatic carbocycles. The Balaban J connectivity index is 1.37. The van der Waals surface area contributed by atoms with Crippen LogP contribution in [0.4, 0.5) is 5.82 Å². The number of para-hydroxylation sites is 2. The fourth-order valence-corrected chi connectivity index (χ4v) is 3.91. The van der Waals surface area contributed by atoms with Crippen molar-refractivity contribution in [2.45, 2.75) is 6.92 Å². The lowest BCUT2D eigenvalue weighted by molar-refractivity contribution is -0.119. The molecular weight excluding hydrogens is 466 g/mol. The maximum atomic E-state index is 13.1. The smallest absolute Gasteiger partial charge is 0.339 e. The van der Waals surface area contributed by atoms with Crippen molar-refractivity contribution in [3.8, 4) is 23.0 Å². The summed E-state index contributed by atoms with van der Waals surface area (Å²) in [4.78, 5) is 30.5. The van der Waals surface area contributed by atoms with E-state index in [1.165, 1.54) is 10.9 Å². The number of esters is 1. The van der Waals surface area contributed by atoms with Crippen LogP contribution in [0.25, 0.3) is 27.8 Å². The van der Waals surface area contributed by atoms with E-state index in [0.717, 1.165) is 11.1 Å². The van der Waals surface area contributed by atoms with E-state index in [9.17, 15) is 14.9 Å². The summed E-state index contributed by atoms with van der Waals surface area (Å²) < 4.78 is 6.83. The normalized spacial score (nSPS) is 10.6. The molecule has 0 saturated heterocycles. The molecule has 1 N–H and O–H groups in total. The van der Waals surface area contributed by atoms with Crippen LogP contribution >= 0.6 is 0 Å². The number of nitrogens with zero attached hydrogens (tertiary/aromatic N) is 4. The van der Waals surface area contributed by atoms with Gasteiger partial charge in [-0.1, -0.05) is 66.2 Å². The molecule has 0 bridgehead atoms. The molecule has 8 nitrogen and oxygen atoms in total. The number of carbonyl (C=O) groups excluding carboxylic acids is 2. The number of nitriles is 1. The number of aromatic nitrogens is 3. The van der Waals surface area contributed by atoms with Crippen LogP contribution in [0.1, 0.15) is 21.5 Å². The van der Waals surface area contributed by atoms with Gasteiger partial charge < -0.3 is 10.1 Å². The van der Waals surface area contributed by atoms with Crippen molar-refractivity contribution >= 4 is 28.6 Å². The third-order valence-corrected chi connectivity index (χ3v) is 5.77. The molecule has 5 rings (SSSR count). The number of aryl methyl sites for hydroxylation is 1. The molecule has 2 heterocycles. The summed E-state index contributed by atoms with van der Waals surface area (Å²) in [5.41, 5.74) is 4.41. The minimum absolute atomic E-state index is 0.186. The Bertz CT molecular complexity index is 1650. The van der Waals surface area contributed by atoms with E-state index in [1.807, 2.05) is 73.7 Å². The molecule has 180 valence electrons. The average Bonchev–Trinajstić information content (AvgIpc) is 3.34. The van der Waals surface area contributed by atoms with Crippen LogP contribution in [0.3, 0.4) is 0 Å². The van der Waals surface area contributed by atoms with Crippen LogP contribution in [0.15, 0.2) is 91.1 Å². The Kier molecular flexibility index (Phi) is 6.43. The van der Waals surface area contributed by atoms with Gasteiger partial charge in [-0.25, -0.2) is 14.5 Å². The second-order valence-corrected chi connectivity index (χ2v) is 8.33. The monoisotopic (exact) mass is 487 g/mol. The lowest BCUT2D eigenvalue weighted by atomic mass is 10.0. The van der Waals surface area contributed by atoms with Crippen molar-refractivity contribution in [2.24, 2.45) is 0 Å². The van der Waals surface area contributed by atoms with Gasteiger partial charge >= 0.3 is 5.97 Å². The quantitative estimate of drug-likeness (QED) is 0.335. The van der Waals surface area contributed by atoms with E-state index < -0.39 is 18.5 Å². The Morgan fingerprint density at radius 2 is 1.73 bits per heavy atom. The zero-order valence-electron chi connectivity index (χ0n) is 19.9. The molecule has 0 aliphatic carbocycles. The zero-order chi connectivity index (χ0) is 25.8. The molecule has 8 heteroatoms. The first-order chi connectivity index (χ1) is 18.0. The van der Waals surface area contributed by atoms with Crippen molar-refractivity contribution in [1.82, 2.24) is 14.8 Å². The average molecular weight is 488 g/mol. The zero-order valence-corrected chi connectivity index (χ0v) is 19.9. The fraction of sp³-hybridized carbons (Fsp3) is 0.0690. The molecule has 1 amide bonds. The summed E-state index contributed by atoms with van der Waals surface area (Å²) in [5.74, 6) is -1.05. The van der Waals surface area contributed by atoms with Gasteiger partial charge in [0.1, 0.15) is 11.6 Å². The van der Waals surface area contributed by atoms with Crippen LogP contribution in [0, 0.1) is 18.3 Å². The van der Waals surface area contributed by atoms with Crippen LogP contribution in [-0.2, 0) is 9.53 Å². The first-order valence-corrected chi connectivity index (χ1v) is 11.5. The predicted octanol–water partition coefficient (Wildman–Crippen LogP) is 5.06. The van der Waals surface area contributed by atoms with Gasteiger partial charge in [0.05, 0.1) is 28.7 Å². The maximum Gasteiger partial charge on any atom is 0.339 e. The summed E-state index contributed by atoms with van der Waals surface area (Å²) in [6, 6.07) is 27.9. The number of nitrogens with one attached hydrogen (secondary N) is 1. The molecule has 0 saturated carbocycles. The van der Waals surface area contributed by atoms with Gasteiger partial charge in [0.15, 0.2) is 12.4 Å². The first kappa shape index (κ1) is 23.5. The van der Waals surface area contributed by atoms with Crippen LogP contribution in [0.2, 0.25) is 0 Å². The summed E-state index contributed by atoms with van der Waals surface area (Å²) >= 11 is 0. The second kappa shape index (κ2) is 10.1. The highest BCUT2D eigenvalue weighted by Gasteiger charge is 2.19. The number of hydrogen-bond donors (Lipinski definition) is 1. The van der Waals surface area contributed by atoms with E-state index in [1.54, 1.807) is 24.3 Å². The predicted molar refractivity (Wildman–Crippen MR) is 139 cm³/mol. The SMILES string of the molecule is Cc1ccc(-c2cc(C(=O)OCC(=O)Nc3c(C#N)cnn3-c3ccccc3)c3ccccc3n2)cc1. The minimum atomic E-state index is -0.654. The second-order valence-electron chi connectivity index (χ2n) is 8.33. The highest BCUT2D eigenvalue weighted by atomic mass is 16.5. The summed E-state index contributed by atoms with van der Waals surface area (Å²) in [6.07, 6.45) is 1.37. The van der Waals surface area contributed by atoms with Crippen molar-refractivity contribution in [1.29, 1.82) is 5.26 Å². The molecule has 5 aromatic rings. The van der Waals surface area contributed by atoms with Gasteiger partial charge in [-0.2, -0.15) is 10.4 Å². The van der Waals surface area contributed by atoms with Gasteiger partial charge in [-0.15, -0.1) is 0 Å². The Hall–Kier alpha value is -5.29. The molecule has 0 spiro atoms. The van der Waals surface area contributed by atoms with Gasteiger partial charge in [0.2, 0.25) is 0 Å². The molecule has 0 radical (unpaired) electrons. The van der Waals surface area contributed by atoms with Crippen molar-refractivity contribution in [3.63, 3.8) is 0 Å². The van der Waals surface area contributed by atoms with E-state index in [4.69, 9.17) is 9.72 Å². The number of amides is 1. The van der Waals surface area contributed by atoms with E-state index in [0.29, 0.717) is 27.8 Å². The van der Waals surface area contributed by atoms with Crippen molar-refractivity contribution in [3.05, 3.63) is 108 Å². The molecular formula is C29H21N5O3. The van der Waals surface area contributed by atoms with Gasteiger partial charge in [0, 0.05) is 10.9 Å². The number of fused-ring (bicyclic) bond motifs is 1. The Labute approximate surface area is 212 Å². The fourth-order valence-electron chi connectivity index (χ4n) is 3.91. The van der Waals surface area contributed by atoms with E-state index >= 15 is 0 Å². The van der Waals surface area contributed by atoms with Crippen LogP contribution < -0.4 is 5.32 Å². The minimum Gasteiger partial charge on any atom is -0.452 e. The standard InChI is InChI=1S/C29H21N5O3/c1-19-11-13-20(14-12-19)26-15-24(23-9-5-6-10-25(23)32-26)29(36)37-18-27(35)33-28-21(16-30)17-31-34(28)22-7-3-2-4-8-22/h2-15,17H,18H2,1H3,(H,33,35). The lowest BCUT2D eigenvalue weighted by Crippen LogP contribution is -2.23. The number of benzene rings is 3. The van der Waals surface area contributed by atoms with Crippen LogP contribution in [-0.4, -0.2) is 33.2 Å². The summed E-state index contributed by atoms with van der Waals surface area (Å²) in [5, 5.41) is 16.9. The number of pyridine rings is 1. The molecule has 2 aromatic heterocycles. The number of rotatable bonds is 6. The maximum absolute atomic E-state index is 13.1.